The summed E-state index contributed by atoms with van der Waals surface area (Å²) in [7, 11) is 0. The monoisotopic (exact) mass is 289 g/mol. The number of aromatic nitrogens is 2. The second-order valence-corrected chi connectivity index (χ2v) is 4.85. The standard InChI is InChI=1S/C15H16ClN3O/c1-3-19(10-12-6-4-5-11(2)18-12)15(20)13-9-17-8-7-14(13)16/h4-9H,3,10H2,1-2H3. The molecule has 2 aromatic heterocycles. The SMILES string of the molecule is CCN(Cc1cccc(C)n1)C(=O)c1cnccc1Cl. The van der Waals surface area contributed by atoms with Crippen LogP contribution in [0.25, 0.3) is 0 Å². The highest BCUT2D eigenvalue weighted by Crippen LogP contribution is 2.17. The average Bonchev–Trinajstić information content (AvgIpc) is 2.44. The van der Waals surface area contributed by atoms with Crippen molar-refractivity contribution in [3.8, 4) is 0 Å². The van der Waals surface area contributed by atoms with E-state index in [2.05, 4.69) is 9.97 Å². The zero-order valence-corrected chi connectivity index (χ0v) is 12.3. The van der Waals surface area contributed by atoms with Crippen molar-refractivity contribution >= 4 is 17.5 Å². The first-order valence-corrected chi connectivity index (χ1v) is 6.81. The predicted molar refractivity (Wildman–Crippen MR) is 78.6 cm³/mol. The summed E-state index contributed by atoms with van der Waals surface area (Å²) in [5.41, 5.74) is 2.22. The van der Waals surface area contributed by atoms with Gasteiger partial charge in [0.15, 0.2) is 0 Å². The predicted octanol–water partition coefficient (Wildman–Crippen LogP) is 3.10. The highest BCUT2D eigenvalue weighted by Gasteiger charge is 2.17. The number of carbonyl (C=O) groups excluding carboxylic acids is 1. The molecule has 0 radical (unpaired) electrons. The highest BCUT2D eigenvalue weighted by atomic mass is 35.5. The molecule has 1 amide bonds. The van der Waals surface area contributed by atoms with Gasteiger partial charge in [-0.25, -0.2) is 0 Å². The van der Waals surface area contributed by atoms with E-state index in [9.17, 15) is 4.79 Å². The zero-order valence-electron chi connectivity index (χ0n) is 11.5. The van der Waals surface area contributed by atoms with Crippen LogP contribution in [0, 0.1) is 6.92 Å². The number of carbonyl (C=O) groups is 1. The van der Waals surface area contributed by atoms with E-state index in [1.54, 1.807) is 17.2 Å². The quantitative estimate of drug-likeness (QED) is 0.869. The van der Waals surface area contributed by atoms with Gasteiger partial charge in [0.25, 0.3) is 5.91 Å². The summed E-state index contributed by atoms with van der Waals surface area (Å²) in [5.74, 6) is -0.131. The van der Waals surface area contributed by atoms with Crippen molar-refractivity contribution in [2.75, 3.05) is 6.54 Å². The van der Waals surface area contributed by atoms with E-state index in [1.165, 1.54) is 6.20 Å². The molecule has 0 saturated heterocycles. The van der Waals surface area contributed by atoms with E-state index in [4.69, 9.17) is 11.6 Å². The van der Waals surface area contributed by atoms with Gasteiger partial charge < -0.3 is 4.90 Å². The maximum Gasteiger partial charge on any atom is 0.257 e. The largest absolute Gasteiger partial charge is 0.333 e. The molecule has 0 fully saturated rings. The second-order valence-electron chi connectivity index (χ2n) is 4.45. The van der Waals surface area contributed by atoms with Crippen LogP contribution < -0.4 is 0 Å². The summed E-state index contributed by atoms with van der Waals surface area (Å²) in [6, 6.07) is 7.40. The summed E-state index contributed by atoms with van der Waals surface area (Å²) in [4.78, 5) is 22.5. The Balaban J connectivity index is 2.20. The van der Waals surface area contributed by atoms with Gasteiger partial charge in [0, 0.05) is 24.6 Å². The topological polar surface area (TPSA) is 46.1 Å². The Hall–Kier alpha value is -1.94. The lowest BCUT2D eigenvalue weighted by molar-refractivity contribution is 0.0750. The average molecular weight is 290 g/mol. The van der Waals surface area contributed by atoms with Crippen molar-refractivity contribution in [3.63, 3.8) is 0 Å². The van der Waals surface area contributed by atoms with Gasteiger partial charge in [-0.2, -0.15) is 0 Å². The van der Waals surface area contributed by atoms with E-state index < -0.39 is 0 Å². The molecule has 104 valence electrons. The van der Waals surface area contributed by atoms with Gasteiger partial charge >= 0.3 is 0 Å². The summed E-state index contributed by atoms with van der Waals surface area (Å²) in [6.07, 6.45) is 3.06. The van der Waals surface area contributed by atoms with Gasteiger partial charge in [-0.1, -0.05) is 17.7 Å². The van der Waals surface area contributed by atoms with Crippen LogP contribution in [-0.2, 0) is 6.54 Å². The smallest absolute Gasteiger partial charge is 0.257 e. The number of hydrogen-bond acceptors (Lipinski definition) is 3. The first kappa shape index (κ1) is 14.5. The maximum atomic E-state index is 12.5. The van der Waals surface area contributed by atoms with Crippen LogP contribution in [0.2, 0.25) is 5.02 Å². The Morgan fingerprint density at radius 1 is 1.35 bits per heavy atom. The molecule has 0 unspecified atom stereocenters. The van der Waals surface area contributed by atoms with Crippen LogP contribution in [0.4, 0.5) is 0 Å². The third-order valence-corrected chi connectivity index (χ3v) is 3.30. The molecule has 4 nitrogen and oxygen atoms in total. The molecule has 0 bridgehead atoms. The van der Waals surface area contributed by atoms with Crippen molar-refractivity contribution in [1.82, 2.24) is 14.9 Å². The Bertz CT molecular complexity index is 616. The van der Waals surface area contributed by atoms with Crippen LogP contribution in [0.5, 0.6) is 0 Å². The lowest BCUT2D eigenvalue weighted by Gasteiger charge is -2.21. The van der Waals surface area contributed by atoms with Crippen LogP contribution in [0.1, 0.15) is 28.7 Å². The summed E-state index contributed by atoms with van der Waals surface area (Å²) in [5, 5.41) is 0.417. The van der Waals surface area contributed by atoms with E-state index in [0.29, 0.717) is 23.7 Å². The zero-order chi connectivity index (χ0) is 14.5. The molecule has 2 rings (SSSR count). The van der Waals surface area contributed by atoms with Gasteiger partial charge in [-0.15, -0.1) is 0 Å². The second kappa shape index (κ2) is 6.48. The summed E-state index contributed by atoms with van der Waals surface area (Å²) >= 11 is 6.05. The molecule has 0 aromatic carbocycles. The van der Waals surface area contributed by atoms with Crippen molar-refractivity contribution in [2.45, 2.75) is 20.4 Å². The van der Waals surface area contributed by atoms with Crippen LogP contribution in [0.3, 0.4) is 0 Å². The third-order valence-electron chi connectivity index (χ3n) is 2.97. The molecule has 5 heteroatoms. The maximum absolute atomic E-state index is 12.5. The fourth-order valence-electron chi connectivity index (χ4n) is 1.92. The van der Waals surface area contributed by atoms with E-state index >= 15 is 0 Å². The Morgan fingerprint density at radius 2 is 2.15 bits per heavy atom. The van der Waals surface area contributed by atoms with Crippen molar-refractivity contribution in [2.24, 2.45) is 0 Å². The van der Waals surface area contributed by atoms with Gasteiger partial charge in [0.2, 0.25) is 0 Å². The minimum absolute atomic E-state index is 0.131. The van der Waals surface area contributed by atoms with Crippen molar-refractivity contribution < 1.29 is 4.79 Å². The number of amides is 1. The Kier molecular flexibility index (Phi) is 4.69. The van der Waals surface area contributed by atoms with Gasteiger partial charge in [0.1, 0.15) is 0 Å². The lowest BCUT2D eigenvalue weighted by Crippen LogP contribution is -2.31. The number of pyridine rings is 2. The van der Waals surface area contributed by atoms with Gasteiger partial charge in [0.05, 0.1) is 22.8 Å². The van der Waals surface area contributed by atoms with E-state index in [1.807, 2.05) is 32.0 Å². The van der Waals surface area contributed by atoms with Gasteiger partial charge in [-0.05, 0) is 32.0 Å². The third kappa shape index (κ3) is 3.33. The molecule has 0 atom stereocenters. The molecule has 0 aliphatic rings. The minimum Gasteiger partial charge on any atom is -0.333 e. The number of rotatable bonds is 4. The molecule has 0 N–H and O–H groups in total. The molecule has 0 aliphatic carbocycles. The van der Waals surface area contributed by atoms with E-state index in [0.717, 1.165) is 11.4 Å². The molecule has 20 heavy (non-hydrogen) atoms. The Morgan fingerprint density at radius 3 is 2.80 bits per heavy atom. The molecular formula is C15H16ClN3O. The number of hydrogen-bond donors (Lipinski definition) is 0. The minimum atomic E-state index is -0.131. The van der Waals surface area contributed by atoms with E-state index in [-0.39, 0.29) is 5.91 Å². The fourth-order valence-corrected chi connectivity index (χ4v) is 2.10. The molecule has 2 aromatic rings. The van der Waals surface area contributed by atoms with Gasteiger partial charge in [-0.3, -0.25) is 14.8 Å². The summed E-state index contributed by atoms with van der Waals surface area (Å²) < 4.78 is 0. The van der Waals surface area contributed by atoms with Crippen molar-refractivity contribution in [1.29, 1.82) is 0 Å². The molecule has 0 saturated carbocycles. The van der Waals surface area contributed by atoms with Crippen LogP contribution in [0.15, 0.2) is 36.7 Å². The number of nitrogens with zero attached hydrogens (tertiary/aromatic N) is 3. The molecular weight excluding hydrogens is 274 g/mol. The first-order chi connectivity index (χ1) is 9.61. The summed E-state index contributed by atoms with van der Waals surface area (Å²) in [6.45, 7) is 4.90. The van der Waals surface area contributed by atoms with Crippen molar-refractivity contribution in [3.05, 3.63) is 58.6 Å². The number of halogens is 1. The lowest BCUT2D eigenvalue weighted by atomic mass is 10.2. The van der Waals surface area contributed by atoms with Crippen LogP contribution >= 0.6 is 11.6 Å². The normalized spacial score (nSPS) is 10.3. The molecule has 0 spiro atoms. The first-order valence-electron chi connectivity index (χ1n) is 6.43. The molecule has 2 heterocycles. The highest BCUT2D eigenvalue weighted by molar-refractivity contribution is 6.33. The molecule has 0 aliphatic heterocycles. The number of aryl methyl sites for hydroxylation is 1. The van der Waals surface area contributed by atoms with Crippen LogP contribution in [-0.4, -0.2) is 27.3 Å². The Labute approximate surface area is 123 Å². The fraction of sp³-hybridized carbons (Fsp3) is 0.267.